The molecule has 0 bridgehead atoms. The van der Waals surface area contributed by atoms with Crippen molar-refractivity contribution >= 4 is 28.4 Å². The van der Waals surface area contributed by atoms with Crippen LogP contribution in [-0.4, -0.2) is 36.8 Å². The number of hydrogen-bond acceptors (Lipinski definition) is 4. The van der Waals surface area contributed by atoms with Crippen LogP contribution >= 0.6 is 22.6 Å². The van der Waals surface area contributed by atoms with E-state index in [-0.39, 0.29) is 0 Å². The fourth-order valence-corrected chi connectivity index (χ4v) is 2.70. The average Bonchev–Trinajstić information content (AvgIpc) is 2.31. The summed E-state index contributed by atoms with van der Waals surface area (Å²) < 4.78 is 6.47. The van der Waals surface area contributed by atoms with Gasteiger partial charge in [-0.15, -0.1) is 0 Å². The van der Waals surface area contributed by atoms with Gasteiger partial charge in [0.1, 0.15) is 12.1 Å². The minimum Gasteiger partial charge on any atom is -0.381 e. The number of anilines is 1. The van der Waals surface area contributed by atoms with E-state index in [1.54, 1.807) is 6.33 Å². The molecule has 2 rings (SSSR count). The van der Waals surface area contributed by atoms with Gasteiger partial charge in [-0.3, -0.25) is 0 Å². The quantitative estimate of drug-likeness (QED) is 0.793. The van der Waals surface area contributed by atoms with Gasteiger partial charge >= 0.3 is 0 Å². The molecule has 0 N–H and O–H groups in total. The number of rotatable bonds is 3. The van der Waals surface area contributed by atoms with E-state index in [9.17, 15) is 0 Å². The molecule has 4 nitrogen and oxygen atoms in total. The molecule has 0 spiro atoms. The molecule has 2 heterocycles. The molecule has 0 amide bonds. The van der Waals surface area contributed by atoms with Crippen LogP contribution in [-0.2, 0) is 4.74 Å². The second-order valence-corrected chi connectivity index (χ2v) is 5.29. The predicted octanol–water partition coefficient (Wildman–Crippen LogP) is 1.94. The fraction of sp³-hybridized carbons (Fsp3) is 0.636. The summed E-state index contributed by atoms with van der Waals surface area (Å²) in [5.74, 6) is 1.76. The van der Waals surface area contributed by atoms with Crippen molar-refractivity contribution in [3.8, 4) is 0 Å². The van der Waals surface area contributed by atoms with Gasteiger partial charge in [-0.05, 0) is 41.4 Å². The van der Waals surface area contributed by atoms with Crippen molar-refractivity contribution in [2.75, 3.05) is 31.7 Å². The first kappa shape index (κ1) is 12.0. The van der Waals surface area contributed by atoms with Crippen LogP contribution < -0.4 is 4.90 Å². The lowest BCUT2D eigenvalue weighted by Crippen LogP contribution is -2.30. The first-order valence-electron chi connectivity index (χ1n) is 5.52. The van der Waals surface area contributed by atoms with Gasteiger partial charge in [0.15, 0.2) is 0 Å². The Hall–Kier alpha value is -0.430. The van der Waals surface area contributed by atoms with Crippen molar-refractivity contribution < 1.29 is 4.74 Å². The lowest BCUT2D eigenvalue weighted by Gasteiger charge is -2.28. The minimum atomic E-state index is 0.726. The molecule has 1 aliphatic heterocycles. The Kier molecular flexibility index (Phi) is 4.34. The van der Waals surface area contributed by atoms with Gasteiger partial charge in [0.05, 0.1) is 3.57 Å². The van der Waals surface area contributed by atoms with E-state index < -0.39 is 0 Å². The van der Waals surface area contributed by atoms with Crippen LogP contribution in [0.1, 0.15) is 12.8 Å². The maximum atomic E-state index is 5.37. The van der Waals surface area contributed by atoms with Gasteiger partial charge in [0.25, 0.3) is 0 Å². The van der Waals surface area contributed by atoms with Gasteiger partial charge in [-0.1, -0.05) is 0 Å². The van der Waals surface area contributed by atoms with Crippen molar-refractivity contribution in [1.29, 1.82) is 0 Å². The van der Waals surface area contributed by atoms with E-state index in [1.165, 1.54) is 0 Å². The molecule has 1 aromatic heterocycles. The molecule has 5 heteroatoms. The zero-order valence-corrected chi connectivity index (χ0v) is 11.6. The van der Waals surface area contributed by atoms with Crippen molar-refractivity contribution in [3.05, 3.63) is 16.1 Å². The molecule has 1 fully saturated rings. The van der Waals surface area contributed by atoms with Crippen molar-refractivity contribution in [1.82, 2.24) is 9.97 Å². The topological polar surface area (TPSA) is 38.2 Å². The normalized spacial score (nSPS) is 17.4. The molecule has 0 unspecified atom stereocenters. The van der Waals surface area contributed by atoms with Crippen LogP contribution in [0, 0.1) is 9.49 Å². The first-order chi connectivity index (χ1) is 7.77. The van der Waals surface area contributed by atoms with Gasteiger partial charge in [-0.2, -0.15) is 0 Å². The molecular formula is C11H16IN3O. The van der Waals surface area contributed by atoms with Gasteiger partial charge in [-0.25, -0.2) is 9.97 Å². The SMILES string of the molecule is CN(CC1CCOCC1)c1ncncc1I. The van der Waals surface area contributed by atoms with Gasteiger partial charge in [0.2, 0.25) is 0 Å². The second kappa shape index (κ2) is 5.77. The maximum Gasteiger partial charge on any atom is 0.145 e. The number of halogens is 1. The molecule has 88 valence electrons. The Balaban J connectivity index is 1.96. The summed E-state index contributed by atoms with van der Waals surface area (Å²) in [7, 11) is 2.10. The van der Waals surface area contributed by atoms with E-state index >= 15 is 0 Å². The molecule has 0 aromatic carbocycles. The zero-order chi connectivity index (χ0) is 11.4. The van der Waals surface area contributed by atoms with Gasteiger partial charge in [0, 0.05) is 33.0 Å². The number of ether oxygens (including phenoxy) is 1. The summed E-state index contributed by atoms with van der Waals surface area (Å²) >= 11 is 2.28. The molecule has 0 saturated carbocycles. The van der Waals surface area contributed by atoms with Crippen LogP contribution in [0.3, 0.4) is 0 Å². The summed E-state index contributed by atoms with van der Waals surface area (Å²) in [6.07, 6.45) is 5.78. The van der Waals surface area contributed by atoms with Crippen LogP contribution in [0.4, 0.5) is 5.82 Å². The molecule has 0 aliphatic carbocycles. The highest BCUT2D eigenvalue weighted by Gasteiger charge is 2.17. The minimum absolute atomic E-state index is 0.726. The average molecular weight is 333 g/mol. The highest BCUT2D eigenvalue weighted by molar-refractivity contribution is 14.1. The second-order valence-electron chi connectivity index (χ2n) is 4.13. The molecule has 1 aromatic rings. The Labute approximate surface area is 110 Å². The fourth-order valence-electron chi connectivity index (χ4n) is 1.99. The van der Waals surface area contributed by atoms with Crippen LogP contribution in [0.25, 0.3) is 0 Å². The summed E-state index contributed by atoms with van der Waals surface area (Å²) in [4.78, 5) is 10.6. The highest BCUT2D eigenvalue weighted by atomic mass is 127. The van der Waals surface area contributed by atoms with E-state index in [2.05, 4.69) is 44.5 Å². The van der Waals surface area contributed by atoms with Crippen molar-refractivity contribution in [2.24, 2.45) is 5.92 Å². The van der Waals surface area contributed by atoms with E-state index in [4.69, 9.17) is 4.74 Å². The molecular weight excluding hydrogens is 317 g/mol. The number of nitrogens with zero attached hydrogens (tertiary/aromatic N) is 3. The summed E-state index contributed by atoms with van der Waals surface area (Å²) in [5.41, 5.74) is 0. The Morgan fingerprint density at radius 2 is 2.25 bits per heavy atom. The summed E-state index contributed by atoms with van der Waals surface area (Å²) in [5, 5.41) is 0. The molecule has 1 saturated heterocycles. The lowest BCUT2D eigenvalue weighted by molar-refractivity contribution is 0.0685. The molecule has 16 heavy (non-hydrogen) atoms. The van der Waals surface area contributed by atoms with Gasteiger partial charge < -0.3 is 9.64 Å². The third-order valence-electron chi connectivity index (χ3n) is 2.88. The first-order valence-corrected chi connectivity index (χ1v) is 6.59. The van der Waals surface area contributed by atoms with Crippen LogP contribution in [0.5, 0.6) is 0 Å². The largest absolute Gasteiger partial charge is 0.381 e. The summed E-state index contributed by atoms with van der Waals surface area (Å²) in [6.45, 7) is 2.86. The predicted molar refractivity (Wildman–Crippen MR) is 71.6 cm³/mol. The Morgan fingerprint density at radius 1 is 1.50 bits per heavy atom. The number of hydrogen-bond donors (Lipinski definition) is 0. The van der Waals surface area contributed by atoms with E-state index in [0.717, 1.165) is 47.9 Å². The van der Waals surface area contributed by atoms with Crippen molar-refractivity contribution in [2.45, 2.75) is 12.8 Å². The molecule has 0 atom stereocenters. The molecule has 1 aliphatic rings. The monoisotopic (exact) mass is 333 g/mol. The lowest BCUT2D eigenvalue weighted by atomic mass is 10.00. The molecule has 0 radical (unpaired) electrons. The smallest absolute Gasteiger partial charge is 0.145 e. The third kappa shape index (κ3) is 3.04. The highest BCUT2D eigenvalue weighted by Crippen LogP contribution is 2.21. The Morgan fingerprint density at radius 3 is 2.94 bits per heavy atom. The number of aromatic nitrogens is 2. The van der Waals surface area contributed by atoms with Crippen molar-refractivity contribution in [3.63, 3.8) is 0 Å². The standard InChI is InChI=1S/C11H16IN3O/c1-15(7-9-2-4-16-5-3-9)11-10(12)6-13-8-14-11/h6,8-9H,2-5,7H2,1H3. The van der Waals surface area contributed by atoms with Crippen LogP contribution in [0.15, 0.2) is 12.5 Å². The summed E-state index contributed by atoms with van der Waals surface area (Å²) in [6, 6.07) is 0. The zero-order valence-electron chi connectivity index (χ0n) is 9.40. The van der Waals surface area contributed by atoms with E-state index in [0.29, 0.717) is 0 Å². The maximum absolute atomic E-state index is 5.37. The van der Waals surface area contributed by atoms with E-state index in [1.807, 2.05) is 6.20 Å². The Bertz CT molecular complexity index is 342. The van der Waals surface area contributed by atoms with Crippen LogP contribution in [0.2, 0.25) is 0 Å². The third-order valence-corrected chi connectivity index (χ3v) is 3.64.